The molecule has 4 nitrogen and oxygen atoms in total. The third-order valence-corrected chi connectivity index (χ3v) is 6.04. The van der Waals surface area contributed by atoms with Crippen molar-refractivity contribution in [2.75, 3.05) is 13.1 Å². The van der Waals surface area contributed by atoms with E-state index < -0.39 is 10.0 Å². The first-order valence-corrected chi connectivity index (χ1v) is 9.25. The Morgan fingerprint density at radius 1 is 1.19 bits per heavy atom. The van der Waals surface area contributed by atoms with Crippen molar-refractivity contribution >= 4 is 33.2 Å². The van der Waals surface area contributed by atoms with Gasteiger partial charge >= 0.3 is 0 Å². The third kappa shape index (κ3) is 4.33. The van der Waals surface area contributed by atoms with Crippen LogP contribution in [0, 0.1) is 0 Å². The lowest BCUT2D eigenvalue weighted by molar-refractivity contribution is 0.168. The topological polar surface area (TPSA) is 49.4 Å². The van der Waals surface area contributed by atoms with Gasteiger partial charge in [0.05, 0.1) is 14.9 Å². The van der Waals surface area contributed by atoms with E-state index in [2.05, 4.69) is 23.5 Å². The quantitative estimate of drug-likeness (QED) is 0.907. The fourth-order valence-corrected chi connectivity index (χ4v) is 4.16. The third-order valence-electron chi connectivity index (χ3n) is 3.78. The summed E-state index contributed by atoms with van der Waals surface area (Å²) in [4.78, 5) is 2.51. The van der Waals surface area contributed by atoms with Gasteiger partial charge < -0.3 is 4.90 Å². The van der Waals surface area contributed by atoms with Gasteiger partial charge in [0.1, 0.15) is 0 Å². The molecule has 118 valence electrons. The van der Waals surface area contributed by atoms with Crippen molar-refractivity contribution in [3.63, 3.8) is 0 Å². The van der Waals surface area contributed by atoms with Crippen molar-refractivity contribution in [2.45, 2.75) is 43.7 Å². The number of benzene rings is 1. The Bertz CT molecular complexity index is 597. The summed E-state index contributed by atoms with van der Waals surface area (Å²) in [6, 6.07) is 4.83. The van der Waals surface area contributed by atoms with E-state index in [0.717, 1.165) is 25.9 Å². The molecule has 1 N–H and O–H groups in total. The predicted octanol–water partition coefficient (Wildman–Crippen LogP) is 3.14. The lowest BCUT2D eigenvalue weighted by Crippen LogP contribution is -2.46. The van der Waals surface area contributed by atoms with Crippen LogP contribution in [0.25, 0.3) is 0 Å². The van der Waals surface area contributed by atoms with Crippen LogP contribution >= 0.6 is 23.2 Å². The average Bonchev–Trinajstić information content (AvgIpc) is 2.42. The largest absolute Gasteiger partial charge is 0.301 e. The van der Waals surface area contributed by atoms with E-state index in [1.807, 2.05) is 0 Å². The summed E-state index contributed by atoms with van der Waals surface area (Å²) in [5.74, 6) is 0. The van der Waals surface area contributed by atoms with Crippen LogP contribution < -0.4 is 4.72 Å². The number of sulfonamides is 1. The van der Waals surface area contributed by atoms with Crippen LogP contribution in [-0.2, 0) is 10.0 Å². The Labute approximate surface area is 136 Å². The van der Waals surface area contributed by atoms with Crippen molar-refractivity contribution in [1.29, 1.82) is 0 Å². The normalized spacial score (nSPS) is 18.3. The van der Waals surface area contributed by atoms with Gasteiger partial charge in [0.15, 0.2) is 0 Å². The van der Waals surface area contributed by atoms with Crippen LogP contribution in [0.1, 0.15) is 26.7 Å². The summed E-state index contributed by atoms with van der Waals surface area (Å²) in [5, 5.41) is 0.593. The molecule has 21 heavy (non-hydrogen) atoms. The Morgan fingerprint density at radius 3 is 2.33 bits per heavy atom. The molecule has 0 unspecified atom stereocenters. The molecule has 1 aliphatic rings. The van der Waals surface area contributed by atoms with E-state index in [-0.39, 0.29) is 16.0 Å². The molecular weight excluding hydrogens is 331 g/mol. The Morgan fingerprint density at radius 2 is 1.81 bits per heavy atom. The molecule has 0 bridgehead atoms. The second-order valence-electron chi connectivity index (χ2n) is 5.60. The first kappa shape index (κ1) is 17.0. The highest BCUT2D eigenvalue weighted by atomic mass is 35.5. The van der Waals surface area contributed by atoms with E-state index in [9.17, 15) is 8.42 Å². The van der Waals surface area contributed by atoms with Gasteiger partial charge in [-0.2, -0.15) is 0 Å². The summed E-state index contributed by atoms with van der Waals surface area (Å²) < 4.78 is 27.5. The smallest absolute Gasteiger partial charge is 0.240 e. The van der Waals surface area contributed by atoms with Crippen molar-refractivity contribution in [2.24, 2.45) is 0 Å². The Hall–Kier alpha value is -0.330. The summed E-state index contributed by atoms with van der Waals surface area (Å²) in [6.07, 6.45) is 1.64. The van der Waals surface area contributed by atoms with E-state index in [4.69, 9.17) is 23.2 Å². The van der Waals surface area contributed by atoms with Crippen LogP contribution in [0.2, 0.25) is 10.0 Å². The van der Waals surface area contributed by atoms with Gasteiger partial charge in [0.2, 0.25) is 10.0 Å². The van der Waals surface area contributed by atoms with Gasteiger partial charge in [0, 0.05) is 12.1 Å². The molecule has 0 aromatic heterocycles. The Balaban J connectivity index is 2.03. The number of rotatable bonds is 4. The van der Waals surface area contributed by atoms with Gasteiger partial charge in [-0.15, -0.1) is 0 Å². The van der Waals surface area contributed by atoms with E-state index in [1.54, 1.807) is 0 Å². The zero-order valence-electron chi connectivity index (χ0n) is 12.1. The highest BCUT2D eigenvalue weighted by Crippen LogP contribution is 2.25. The fourth-order valence-electron chi connectivity index (χ4n) is 2.47. The minimum absolute atomic E-state index is 0.0283. The molecule has 7 heteroatoms. The highest BCUT2D eigenvalue weighted by Gasteiger charge is 2.25. The number of nitrogens with zero attached hydrogens (tertiary/aromatic N) is 1. The van der Waals surface area contributed by atoms with Crippen molar-refractivity contribution in [3.05, 3.63) is 28.2 Å². The van der Waals surface area contributed by atoms with Gasteiger partial charge in [0.25, 0.3) is 0 Å². The SMILES string of the molecule is CC(C)N1CCC(NS(=O)(=O)c2ccc(Cl)c(Cl)c2)CC1. The van der Waals surface area contributed by atoms with E-state index in [1.165, 1.54) is 18.2 Å². The molecule has 1 aliphatic heterocycles. The molecule has 0 amide bonds. The maximum absolute atomic E-state index is 12.4. The molecule has 0 radical (unpaired) electrons. The van der Waals surface area contributed by atoms with Crippen LogP contribution in [0.5, 0.6) is 0 Å². The lowest BCUT2D eigenvalue weighted by atomic mass is 10.1. The summed E-state index contributed by atoms with van der Waals surface area (Å²) in [5.41, 5.74) is 0. The van der Waals surface area contributed by atoms with Crippen LogP contribution in [0.4, 0.5) is 0 Å². The predicted molar refractivity (Wildman–Crippen MR) is 86.5 cm³/mol. The molecule has 0 spiro atoms. The molecule has 0 atom stereocenters. The zero-order valence-corrected chi connectivity index (χ0v) is 14.5. The summed E-state index contributed by atoms with van der Waals surface area (Å²) in [7, 11) is -3.55. The number of likely N-dealkylation sites (tertiary alicyclic amines) is 1. The highest BCUT2D eigenvalue weighted by molar-refractivity contribution is 7.89. The summed E-state index contributed by atoms with van der Waals surface area (Å²) >= 11 is 11.7. The minimum atomic E-state index is -3.55. The molecule has 1 aromatic carbocycles. The molecule has 0 saturated carbocycles. The molecule has 0 aliphatic carbocycles. The average molecular weight is 351 g/mol. The molecule has 1 fully saturated rings. The molecule has 2 rings (SSSR count). The number of piperidine rings is 1. The van der Waals surface area contributed by atoms with Crippen LogP contribution in [0.15, 0.2) is 23.1 Å². The van der Waals surface area contributed by atoms with Gasteiger partial charge in [-0.25, -0.2) is 13.1 Å². The van der Waals surface area contributed by atoms with E-state index >= 15 is 0 Å². The number of hydrogen-bond acceptors (Lipinski definition) is 3. The number of nitrogens with one attached hydrogen (secondary N) is 1. The maximum Gasteiger partial charge on any atom is 0.240 e. The first-order chi connectivity index (χ1) is 9.79. The standard InChI is InChI=1S/C14H20Cl2N2O2S/c1-10(2)18-7-5-11(6-8-18)17-21(19,20)12-3-4-13(15)14(16)9-12/h3-4,9-11,17H,5-8H2,1-2H3. The molecular formula is C14H20Cl2N2O2S. The second-order valence-corrected chi connectivity index (χ2v) is 8.13. The van der Waals surface area contributed by atoms with Crippen LogP contribution in [-0.4, -0.2) is 38.5 Å². The van der Waals surface area contributed by atoms with E-state index in [0.29, 0.717) is 11.1 Å². The molecule has 1 aromatic rings. The van der Waals surface area contributed by atoms with Gasteiger partial charge in [-0.05, 0) is 58.0 Å². The molecule has 1 saturated heterocycles. The second kappa shape index (κ2) is 6.84. The zero-order chi connectivity index (χ0) is 15.6. The van der Waals surface area contributed by atoms with Gasteiger partial charge in [-0.3, -0.25) is 0 Å². The first-order valence-electron chi connectivity index (χ1n) is 7.01. The van der Waals surface area contributed by atoms with Crippen LogP contribution in [0.3, 0.4) is 0 Å². The summed E-state index contributed by atoms with van der Waals surface area (Å²) in [6.45, 7) is 6.12. The maximum atomic E-state index is 12.4. The number of hydrogen-bond donors (Lipinski definition) is 1. The lowest BCUT2D eigenvalue weighted by Gasteiger charge is -2.34. The number of halogens is 2. The minimum Gasteiger partial charge on any atom is -0.301 e. The fraction of sp³-hybridized carbons (Fsp3) is 0.571. The van der Waals surface area contributed by atoms with Gasteiger partial charge in [-0.1, -0.05) is 23.2 Å². The van der Waals surface area contributed by atoms with Crippen molar-refractivity contribution in [3.8, 4) is 0 Å². The van der Waals surface area contributed by atoms with Crippen molar-refractivity contribution in [1.82, 2.24) is 9.62 Å². The van der Waals surface area contributed by atoms with Crippen molar-refractivity contribution < 1.29 is 8.42 Å². The molecule has 1 heterocycles. The monoisotopic (exact) mass is 350 g/mol. The Kier molecular flexibility index (Phi) is 5.54.